The summed E-state index contributed by atoms with van der Waals surface area (Å²) in [6, 6.07) is 11.1. The van der Waals surface area contributed by atoms with E-state index in [1.165, 1.54) is 0 Å². The van der Waals surface area contributed by atoms with Crippen LogP contribution < -0.4 is 16.0 Å². The third kappa shape index (κ3) is 3.66. The second-order valence-corrected chi connectivity index (χ2v) is 7.89. The lowest BCUT2D eigenvalue weighted by Crippen LogP contribution is -2.53. The first-order valence-electron chi connectivity index (χ1n) is 10.3. The number of ether oxygens (including phenoxy) is 2. The molecule has 2 fully saturated rings. The standard InChI is InChI=1S/C22H24N6O3/c1-24-20(29)15-4-2-3-14(11-15)17-6-5-16-18(23)26-21(27-19(16)25-17)28-8-10-31-22(12-28)7-9-30-13-22/h2-6,11H,7-10,12-13H2,1H3,(H,24,29)(H2,23,25,26,27)/t22-/m1/s1. The zero-order valence-electron chi connectivity index (χ0n) is 17.3. The molecule has 2 aliphatic heterocycles. The van der Waals surface area contributed by atoms with E-state index in [0.29, 0.717) is 67.0 Å². The van der Waals surface area contributed by atoms with E-state index in [0.717, 1.165) is 12.0 Å². The Morgan fingerprint density at radius 3 is 2.90 bits per heavy atom. The maximum absolute atomic E-state index is 12.0. The van der Waals surface area contributed by atoms with Crippen LogP contribution in [0.3, 0.4) is 0 Å². The Kier molecular flexibility index (Phi) is 4.91. The molecule has 9 nitrogen and oxygen atoms in total. The molecule has 5 rings (SSSR count). The number of anilines is 2. The minimum atomic E-state index is -0.305. The van der Waals surface area contributed by atoms with Gasteiger partial charge in [0.2, 0.25) is 5.95 Å². The van der Waals surface area contributed by atoms with Gasteiger partial charge in [0.05, 0.1) is 30.8 Å². The molecule has 0 bridgehead atoms. The fourth-order valence-electron chi connectivity index (χ4n) is 4.13. The molecule has 1 aromatic carbocycles. The summed E-state index contributed by atoms with van der Waals surface area (Å²) in [6.45, 7) is 3.21. The predicted molar refractivity (Wildman–Crippen MR) is 117 cm³/mol. The van der Waals surface area contributed by atoms with Gasteiger partial charge in [0, 0.05) is 37.7 Å². The van der Waals surface area contributed by atoms with E-state index in [9.17, 15) is 4.79 Å². The lowest BCUT2D eigenvalue weighted by molar-refractivity contribution is -0.0583. The van der Waals surface area contributed by atoms with Crippen LogP contribution in [0.4, 0.5) is 11.8 Å². The molecule has 0 saturated carbocycles. The lowest BCUT2D eigenvalue weighted by Gasteiger charge is -2.39. The van der Waals surface area contributed by atoms with Crippen molar-refractivity contribution in [2.45, 2.75) is 12.0 Å². The average molecular weight is 420 g/mol. The number of nitrogen functional groups attached to an aromatic ring is 1. The van der Waals surface area contributed by atoms with Gasteiger partial charge in [0.25, 0.3) is 5.91 Å². The zero-order chi connectivity index (χ0) is 21.4. The van der Waals surface area contributed by atoms with Gasteiger partial charge in [-0.15, -0.1) is 0 Å². The SMILES string of the molecule is CNC(=O)c1cccc(-c2ccc3c(N)nc(N4CCO[C@]5(CCOC5)C4)nc3n2)c1. The molecule has 1 spiro atoms. The van der Waals surface area contributed by atoms with E-state index in [1.807, 2.05) is 30.3 Å². The number of pyridine rings is 1. The number of nitrogens with one attached hydrogen (secondary N) is 1. The van der Waals surface area contributed by atoms with Crippen molar-refractivity contribution in [3.63, 3.8) is 0 Å². The minimum absolute atomic E-state index is 0.145. The molecule has 0 aliphatic carbocycles. The number of amides is 1. The average Bonchev–Trinajstić information content (AvgIpc) is 3.25. The molecule has 160 valence electrons. The fraction of sp³-hybridized carbons (Fsp3) is 0.364. The van der Waals surface area contributed by atoms with Crippen LogP contribution in [0.5, 0.6) is 0 Å². The van der Waals surface area contributed by atoms with Crippen LogP contribution in [0.25, 0.3) is 22.3 Å². The van der Waals surface area contributed by atoms with Crippen LogP contribution >= 0.6 is 0 Å². The Bertz CT molecular complexity index is 1150. The van der Waals surface area contributed by atoms with Gasteiger partial charge in [-0.25, -0.2) is 4.98 Å². The number of nitrogens with zero attached hydrogens (tertiary/aromatic N) is 4. The van der Waals surface area contributed by atoms with E-state index < -0.39 is 0 Å². The highest BCUT2D eigenvalue weighted by Crippen LogP contribution is 2.30. The third-order valence-corrected chi connectivity index (χ3v) is 5.82. The number of fused-ring (bicyclic) bond motifs is 1. The van der Waals surface area contributed by atoms with Crippen LogP contribution in [0.2, 0.25) is 0 Å². The molecule has 2 aromatic heterocycles. The van der Waals surface area contributed by atoms with Crippen molar-refractivity contribution in [1.82, 2.24) is 20.3 Å². The highest BCUT2D eigenvalue weighted by Gasteiger charge is 2.41. The van der Waals surface area contributed by atoms with Crippen molar-refractivity contribution in [3.8, 4) is 11.3 Å². The molecular formula is C22H24N6O3. The Morgan fingerprint density at radius 2 is 2.10 bits per heavy atom. The van der Waals surface area contributed by atoms with Crippen molar-refractivity contribution >= 4 is 28.7 Å². The van der Waals surface area contributed by atoms with E-state index in [1.54, 1.807) is 13.1 Å². The van der Waals surface area contributed by atoms with Crippen molar-refractivity contribution in [2.75, 3.05) is 50.6 Å². The Morgan fingerprint density at radius 1 is 1.19 bits per heavy atom. The summed E-state index contributed by atoms with van der Waals surface area (Å²) in [6.07, 6.45) is 0.858. The van der Waals surface area contributed by atoms with Crippen molar-refractivity contribution in [3.05, 3.63) is 42.0 Å². The molecule has 2 saturated heterocycles. The third-order valence-electron chi connectivity index (χ3n) is 5.82. The number of rotatable bonds is 3. The number of benzene rings is 1. The highest BCUT2D eigenvalue weighted by molar-refractivity contribution is 5.95. The fourth-order valence-corrected chi connectivity index (χ4v) is 4.13. The zero-order valence-corrected chi connectivity index (χ0v) is 17.3. The lowest BCUT2D eigenvalue weighted by atomic mass is 10.0. The first-order valence-corrected chi connectivity index (χ1v) is 10.3. The van der Waals surface area contributed by atoms with Crippen LogP contribution in [0.15, 0.2) is 36.4 Å². The maximum Gasteiger partial charge on any atom is 0.251 e. The maximum atomic E-state index is 12.0. The Hall–Kier alpha value is -3.30. The molecule has 0 unspecified atom stereocenters. The van der Waals surface area contributed by atoms with Crippen molar-refractivity contribution in [1.29, 1.82) is 0 Å². The van der Waals surface area contributed by atoms with Crippen LogP contribution in [0, 0.1) is 0 Å². The van der Waals surface area contributed by atoms with E-state index in [-0.39, 0.29) is 11.5 Å². The van der Waals surface area contributed by atoms with Crippen molar-refractivity contribution < 1.29 is 14.3 Å². The second-order valence-electron chi connectivity index (χ2n) is 7.89. The second kappa shape index (κ2) is 7.75. The molecule has 3 N–H and O–H groups in total. The summed E-state index contributed by atoms with van der Waals surface area (Å²) >= 11 is 0. The summed E-state index contributed by atoms with van der Waals surface area (Å²) in [4.78, 5) is 28.1. The first-order chi connectivity index (χ1) is 15.1. The molecule has 3 aromatic rings. The molecule has 1 atom stereocenters. The normalized spacial score (nSPS) is 21.0. The number of hydrogen-bond acceptors (Lipinski definition) is 8. The molecular weight excluding hydrogens is 396 g/mol. The molecule has 31 heavy (non-hydrogen) atoms. The molecule has 1 amide bonds. The topological polar surface area (TPSA) is 115 Å². The van der Waals surface area contributed by atoms with Crippen LogP contribution in [-0.4, -0.2) is 66.4 Å². The summed E-state index contributed by atoms with van der Waals surface area (Å²) in [5.41, 5.74) is 8.58. The number of nitrogens with two attached hydrogens (primary N) is 1. The number of aromatic nitrogens is 3. The molecule has 0 radical (unpaired) electrons. The monoisotopic (exact) mass is 420 g/mol. The largest absolute Gasteiger partial charge is 0.383 e. The summed E-state index contributed by atoms with van der Waals surface area (Å²) in [5, 5.41) is 3.34. The summed E-state index contributed by atoms with van der Waals surface area (Å²) in [5.74, 6) is 0.790. The van der Waals surface area contributed by atoms with Gasteiger partial charge < -0.3 is 25.4 Å². The van der Waals surface area contributed by atoms with Gasteiger partial charge in [0.1, 0.15) is 11.4 Å². The van der Waals surface area contributed by atoms with Gasteiger partial charge in [0.15, 0.2) is 5.65 Å². The van der Waals surface area contributed by atoms with E-state index in [2.05, 4.69) is 15.2 Å². The summed E-state index contributed by atoms with van der Waals surface area (Å²) < 4.78 is 11.6. The quantitative estimate of drug-likeness (QED) is 0.657. The van der Waals surface area contributed by atoms with Crippen molar-refractivity contribution in [2.24, 2.45) is 0 Å². The molecule has 2 aliphatic rings. The van der Waals surface area contributed by atoms with Gasteiger partial charge >= 0.3 is 0 Å². The highest BCUT2D eigenvalue weighted by atomic mass is 16.6. The van der Waals surface area contributed by atoms with Gasteiger partial charge in [-0.3, -0.25) is 4.79 Å². The van der Waals surface area contributed by atoms with Crippen LogP contribution in [0.1, 0.15) is 16.8 Å². The summed E-state index contributed by atoms with van der Waals surface area (Å²) in [7, 11) is 1.61. The van der Waals surface area contributed by atoms with Gasteiger partial charge in [-0.1, -0.05) is 12.1 Å². The smallest absolute Gasteiger partial charge is 0.251 e. The minimum Gasteiger partial charge on any atom is -0.383 e. The van der Waals surface area contributed by atoms with Gasteiger partial charge in [-0.2, -0.15) is 9.97 Å². The number of morpholine rings is 1. The van der Waals surface area contributed by atoms with E-state index in [4.69, 9.17) is 25.2 Å². The molecule has 9 heteroatoms. The first kappa shape index (κ1) is 19.7. The molecule has 4 heterocycles. The number of hydrogen-bond donors (Lipinski definition) is 2. The number of carbonyl (C=O) groups excluding carboxylic acids is 1. The number of carbonyl (C=O) groups is 1. The van der Waals surface area contributed by atoms with Crippen LogP contribution in [-0.2, 0) is 9.47 Å². The Labute approximate surface area is 179 Å². The Balaban J connectivity index is 1.51. The van der Waals surface area contributed by atoms with E-state index >= 15 is 0 Å². The van der Waals surface area contributed by atoms with Gasteiger partial charge in [-0.05, 0) is 24.3 Å². The predicted octanol–water partition coefficient (Wildman–Crippen LogP) is 1.63.